The van der Waals surface area contributed by atoms with Gasteiger partial charge in [0.15, 0.2) is 0 Å². The summed E-state index contributed by atoms with van der Waals surface area (Å²) < 4.78 is 0. The molecule has 5 nitrogen and oxygen atoms in total. The minimum absolute atomic E-state index is 0.0469. The van der Waals surface area contributed by atoms with Crippen LogP contribution in [0.5, 0.6) is 0 Å². The van der Waals surface area contributed by atoms with Gasteiger partial charge in [0.05, 0.1) is 0 Å². The summed E-state index contributed by atoms with van der Waals surface area (Å²) in [7, 11) is 0. The van der Waals surface area contributed by atoms with E-state index >= 15 is 0 Å². The Balaban J connectivity index is 1.47. The maximum atomic E-state index is 12.3. The smallest absolute Gasteiger partial charge is 0.313 e. The summed E-state index contributed by atoms with van der Waals surface area (Å²) in [5, 5.41) is 5.66. The predicted octanol–water partition coefficient (Wildman–Crippen LogP) is 3.53. The molecule has 1 heterocycles. The van der Waals surface area contributed by atoms with Gasteiger partial charge in [0.2, 0.25) is 0 Å². The number of hydrogen-bond donors (Lipinski definition) is 2. The van der Waals surface area contributed by atoms with Crippen molar-refractivity contribution < 1.29 is 9.59 Å². The fraction of sp³-hybridized carbons (Fsp3) is 0.391. The van der Waals surface area contributed by atoms with Crippen molar-refractivity contribution in [3.05, 3.63) is 65.7 Å². The number of piperidine rings is 1. The molecule has 2 amide bonds. The van der Waals surface area contributed by atoms with Gasteiger partial charge in [0.25, 0.3) is 0 Å². The van der Waals surface area contributed by atoms with Crippen LogP contribution >= 0.6 is 0 Å². The molecule has 1 fully saturated rings. The van der Waals surface area contributed by atoms with Crippen molar-refractivity contribution in [2.45, 2.75) is 45.2 Å². The second-order valence-corrected chi connectivity index (χ2v) is 7.71. The molecule has 0 aliphatic carbocycles. The lowest BCUT2D eigenvalue weighted by atomic mass is 10.0. The molecule has 0 spiro atoms. The summed E-state index contributed by atoms with van der Waals surface area (Å²) in [5.74, 6) is -0.881. The highest BCUT2D eigenvalue weighted by Crippen LogP contribution is 2.23. The van der Waals surface area contributed by atoms with E-state index in [1.165, 1.54) is 5.56 Å². The lowest BCUT2D eigenvalue weighted by Crippen LogP contribution is -2.47. The van der Waals surface area contributed by atoms with Crippen LogP contribution in [-0.4, -0.2) is 35.8 Å². The molecule has 1 aliphatic heterocycles. The molecular formula is C23H29N3O2. The number of para-hydroxylation sites is 1. The summed E-state index contributed by atoms with van der Waals surface area (Å²) >= 11 is 0. The average Bonchev–Trinajstić information content (AvgIpc) is 2.70. The Morgan fingerprint density at radius 2 is 1.61 bits per heavy atom. The first-order valence-corrected chi connectivity index (χ1v) is 10.00. The van der Waals surface area contributed by atoms with E-state index in [9.17, 15) is 9.59 Å². The van der Waals surface area contributed by atoms with Crippen LogP contribution < -0.4 is 10.6 Å². The lowest BCUT2D eigenvalue weighted by molar-refractivity contribution is -0.136. The van der Waals surface area contributed by atoms with Gasteiger partial charge in [-0.1, -0.05) is 62.4 Å². The highest BCUT2D eigenvalue weighted by Gasteiger charge is 2.24. The Kier molecular flexibility index (Phi) is 6.82. The van der Waals surface area contributed by atoms with Crippen LogP contribution in [-0.2, 0) is 16.1 Å². The molecule has 1 saturated heterocycles. The monoisotopic (exact) mass is 379 g/mol. The van der Waals surface area contributed by atoms with Crippen LogP contribution in [0.4, 0.5) is 5.69 Å². The number of benzene rings is 2. The molecule has 28 heavy (non-hydrogen) atoms. The topological polar surface area (TPSA) is 61.4 Å². The summed E-state index contributed by atoms with van der Waals surface area (Å²) in [6.07, 6.45) is 1.71. The Morgan fingerprint density at radius 1 is 0.964 bits per heavy atom. The summed E-state index contributed by atoms with van der Waals surface area (Å²) in [6.45, 7) is 6.88. The van der Waals surface area contributed by atoms with Crippen molar-refractivity contribution in [2.24, 2.45) is 0 Å². The first-order valence-electron chi connectivity index (χ1n) is 10.00. The lowest BCUT2D eigenvalue weighted by Gasteiger charge is -2.32. The van der Waals surface area contributed by atoms with E-state index in [0.717, 1.165) is 38.0 Å². The molecule has 2 aromatic carbocycles. The third kappa shape index (κ3) is 5.42. The normalized spacial score (nSPS) is 15.4. The van der Waals surface area contributed by atoms with Crippen molar-refractivity contribution in [3.8, 4) is 0 Å². The zero-order valence-corrected chi connectivity index (χ0v) is 16.7. The molecule has 0 aromatic heterocycles. The summed E-state index contributed by atoms with van der Waals surface area (Å²) in [5.41, 5.74) is 3.03. The molecule has 2 aromatic rings. The molecule has 0 atom stereocenters. The van der Waals surface area contributed by atoms with Gasteiger partial charge in [-0.25, -0.2) is 0 Å². The number of rotatable bonds is 5. The Bertz CT molecular complexity index is 797. The van der Waals surface area contributed by atoms with Crippen molar-refractivity contribution in [1.82, 2.24) is 10.2 Å². The van der Waals surface area contributed by atoms with E-state index in [-0.39, 0.29) is 12.0 Å². The van der Waals surface area contributed by atoms with Crippen molar-refractivity contribution >= 4 is 17.5 Å². The summed E-state index contributed by atoms with van der Waals surface area (Å²) in [4.78, 5) is 27.1. The number of carbonyl (C=O) groups is 2. The third-order valence-corrected chi connectivity index (χ3v) is 5.21. The van der Waals surface area contributed by atoms with E-state index in [1.54, 1.807) is 0 Å². The van der Waals surface area contributed by atoms with E-state index in [0.29, 0.717) is 5.69 Å². The van der Waals surface area contributed by atoms with Crippen molar-refractivity contribution in [2.75, 3.05) is 18.4 Å². The fourth-order valence-electron chi connectivity index (χ4n) is 3.62. The number of nitrogens with zero attached hydrogens (tertiary/aromatic N) is 1. The number of nitrogens with one attached hydrogen (secondary N) is 2. The number of carbonyl (C=O) groups excluding carboxylic acids is 2. The van der Waals surface area contributed by atoms with Gasteiger partial charge in [0, 0.05) is 31.4 Å². The minimum atomic E-state index is -0.597. The largest absolute Gasteiger partial charge is 0.345 e. The molecular weight excluding hydrogens is 350 g/mol. The van der Waals surface area contributed by atoms with Crippen LogP contribution in [0.1, 0.15) is 43.7 Å². The van der Waals surface area contributed by atoms with E-state index in [4.69, 9.17) is 0 Å². The van der Waals surface area contributed by atoms with Gasteiger partial charge in [-0.05, 0) is 36.0 Å². The van der Waals surface area contributed by atoms with Crippen LogP contribution in [0.25, 0.3) is 0 Å². The van der Waals surface area contributed by atoms with Gasteiger partial charge in [-0.15, -0.1) is 0 Å². The van der Waals surface area contributed by atoms with Gasteiger partial charge in [0.1, 0.15) is 0 Å². The highest BCUT2D eigenvalue weighted by molar-refractivity contribution is 6.39. The van der Waals surface area contributed by atoms with E-state index in [2.05, 4.69) is 53.6 Å². The fourth-order valence-corrected chi connectivity index (χ4v) is 3.62. The second-order valence-electron chi connectivity index (χ2n) is 7.71. The molecule has 148 valence electrons. The quantitative estimate of drug-likeness (QED) is 0.782. The molecule has 0 unspecified atom stereocenters. The molecule has 2 N–H and O–H groups in total. The van der Waals surface area contributed by atoms with E-state index in [1.807, 2.05) is 30.3 Å². The SMILES string of the molecule is CC(C)c1ccccc1NC(=O)C(=O)NC1CCN(Cc2ccccc2)CC1. The Hall–Kier alpha value is -2.66. The second kappa shape index (κ2) is 9.51. The van der Waals surface area contributed by atoms with Gasteiger partial charge < -0.3 is 10.6 Å². The standard InChI is InChI=1S/C23H29N3O2/c1-17(2)20-10-6-7-11-21(20)25-23(28)22(27)24-19-12-14-26(15-13-19)16-18-8-4-3-5-9-18/h3-11,17,19H,12-16H2,1-2H3,(H,24,27)(H,25,28). The third-order valence-electron chi connectivity index (χ3n) is 5.21. The van der Waals surface area contributed by atoms with Gasteiger partial charge in [-0.3, -0.25) is 14.5 Å². The van der Waals surface area contributed by atoms with Crippen LogP contribution in [0.2, 0.25) is 0 Å². The number of anilines is 1. The Morgan fingerprint density at radius 3 is 2.29 bits per heavy atom. The molecule has 0 bridgehead atoms. The number of likely N-dealkylation sites (tertiary alicyclic amines) is 1. The maximum absolute atomic E-state index is 12.3. The van der Waals surface area contributed by atoms with E-state index < -0.39 is 11.8 Å². The molecule has 0 saturated carbocycles. The van der Waals surface area contributed by atoms with Crippen molar-refractivity contribution in [1.29, 1.82) is 0 Å². The highest BCUT2D eigenvalue weighted by atomic mass is 16.2. The van der Waals surface area contributed by atoms with Gasteiger partial charge in [-0.2, -0.15) is 0 Å². The van der Waals surface area contributed by atoms with Crippen molar-refractivity contribution in [3.63, 3.8) is 0 Å². The number of amides is 2. The molecule has 3 rings (SSSR count). The molecule has 1 aliphatic rings. The van der Waals surface area contributed by atoms with Crippen LogP contribution in [0.3, 0.4) is 0 Å². The zero-order chi connectivity index (χ0) is 19.9. The maximum Gasteiger partial charge on any atom is 0.313 e. The first-order chi connectivity index (χ1) is 13.5. The molecule has 5 heteroatoms. The van der Waals surface area contributed by atoms with Gasteiger partial charge >= 0.3 is 11.8 Å². The molecule has 0 radical (unpaired) electrons. The summed E-state index contributed by atoms with van der Waals surface area (Å²) in [6, 6.07) is 18.1. The van der Waals surface area contributed by atoms with Crippen LogP contribution in [0, 0.1) is 0 Å². The Labute approximate surface area is 167 Å². The minimum Gasteiger partial charge on any atom is -0.345 e. The average molecular weight is 380 g/mol. The predicted molar refractivity (Wildman–Crippen MR) is 112 cm³/mol. The van der Waals surface area contributed by atoms with Crippen LogP contribution in [0.15, 0.2) is 54.6 Å². The first kappa shape index (κ1) is 20.1. The number of hydrogen-bond acceptors (Lipinski definition) is 3. The zero-order valence-electron chi connectivity index (χ0n) is 16.7.